The molecule has 0 aliphatic carbocycles. The van der Waals surface area contributed by atoms with E-state index in [0.717, 1.165) is 24.4 Å². The van der Waals surface area contributed by atoms with Crippen LogP contribution in [0.4, 0.5) is 17.6 Å². The van der Waals surface area contributed by atoms with Crippen LogP contribution < -0.4 is 10.3 Å². The second-order valence-electron chi connectivity index (χ2n) is 6.27. The first-order valence-electron chi connectivity index (χ1n) is 8.38. The van der Waals surface area contributed by atoms with Crippen molar-refractivity contribution in [3.05, 3.63) is 65.6 Å². The number of aromatic nitrogens is 4. The largest absolute Gasteiger partial charge is 0.418 e. The molecule has 0 bridgehead atoms. The van der Waals surface area contributed by atoms with Crippen molar-refractivity contribution in [1.29, 1.82) is 0 Å². The summed E-state index contributed by atoms with van der Waals surface area (Å²) in [6, 6.07) is 5.12. The topological polar surface area (TPSA) is 105 Å². The van der Waals surface area contributed by atoms with Gasteiger partial charge in [-0.2, -0.15) is 13.2 Å². The van der Waals surface area contributed by atoms with Gasteiger partial charge in [0.15, 0.2) is 6.10 Å². The van der Waals surface area contributed by atoms with E-state index in [1.54, 1.807) is 6.92 Å². The molecule has 2 aromatic heterocycles. The van der Waals surface area contributed by atoms with E-state index in [1.165, 1.54) is 18.5 Å². The van der Waals surface area contributed by atoms with Crippen LogP contribution in [0.15, 0.2) is 42.9 Å². The number of benzene rings is 1. The van der Waals surface area contributed by atoms with Crippen molar-refractivity contribution in [1.82, 2.24) is 20.5 Å². The quantitative estimate of drug-likeness (QED) is 0.562. The average Bonchev–Trinajstić information content (AvgIpc) is 3.22. The van der Waals surface area contributed by atoms with E-state index in [4.69, 9.17) is 0 Å². The molecule has 0 aliphatic heterocycles. The summed E-state index contributed by atoms with van der Waals surface area (Å²) in [5.74, 6) is -0.826. The third-order valence-corrected chi connectivity index (χ3v) is 4.12. The maximum Gasteiger partial charge on any atom is 0.418 e. The lowest BCUT2D eigenvalue weighted by atomic mass is 9.99. The van der Waals surface area contributed by atoms with Crippen LogP contribution in [-0.4, -0.2) is 32.4 Å². The summed E-state index contributed by atoms with van der Waals surface area (Å²) < 4.78 is 52.2. The molecule has 2 heterocycles. The number of pyridine rings is 1. The maximum absolute atomic E-state index is 13.1. The Hall–Kier alpha value is -3.34. The van der Waals surface area contributed by atoms with Gasteiger partial charge in [0, 0.05) is 16.2 Å². The number of carbonyl (C=O) groups is 1. The monoisotopic (exact) mass is 410 g/mol. The van der Waals surface area contributed by atoms with Crippen LogP contribution in [-0.2, 0) is 0 Å². The number of halogens is 4. The first-order valence-corrected chi connectivity index (χ1v) is 8.38. The lowest BCUT2D eigenvalue weighted by molar-refractivity contribution is -0.393. The van der Waals surface area contributed by atoms with E-state index in [9.17, 15) is 27.5 Å². The van der Waals surface area contributed by atoms with Crippen LogP contribution in [0.1, 0.15) is 40.8 Å². The molecule has 0 saturated heterocycles. The minimum atomic E-state index is -4.93. The SMILES string of the molecule is C[C@H](NC(=O)c1cc(-c2ccc(F)cn2)cc(C(O)C(F)(F)F)c1)c1[nH]nc[nH+]1. The number of aliphatic hydroxyl groups is 1. The Morgan fingerprint density at radius 2 is 2.03 bits per heavy atom. The van der Waals surface area contributed by atoms with Crippen LogP contribution in [0.3, 0.4) is 0 Å². The molecule has 3 rings (SSSR count). The molecule has 0 spiro atoms. The molecule has 7 nitrogen and oxygen atoms in total. The predicted molar refractivity (Wildman–Crippen MR) is 91.7 cm³/mol. The van der Waals surface area contributed by atoms with Gasteiger partial charge < -0.3 is 10.4 Å². The maximum atomic E-state index is 13.1. The Morgan fingerprint density at radius 1 is 1.28 bits per heavy atom. The van der Waals surface area contributed by atoms with E-state index >= 15 is 0 Å². The lowest BCUT2D eigenvalue weighted by Gasteiger charge is -2.17. The number of amides is 1. The lowest BCUT2D eigenvalue weighted by Crippen LogP contribution is -2.30. The average molecular weight is 410 g/mol. The molecule has 11 heteroatoms. The van der Waals surface area contributed by atoms with Gasteiger partial charge in [-0.25, -0.2) is 9.37 Å². The fourth-order valence-corrected chi connectivity index (χ4v) is 2.63. The number of nitrogens with one attached hydrogen (secondary N) is 3. The molecule has 29 heavy (non-hydrogen) atoms. The van der Waals surface area contributed by atoms with E-state index in [1.807, 2.05) is 0 Å². The summed E-state index contributed by atoms with van der Waals surface area (Å²) in [7, 11) is 0. The van der Waals surface area contributed by atoms with Gasteiger partial charge in [0.05, 0.1) is 11.9 Å². The van der Waals surface area contributed by atoms with Crippen molar-refractivity contribution < 1.29 is 32.4 Å². The van der Waals surface area contributed by atoms with E-state index in [2.05, 4.69) is 25.5 Å². The van der Waals surface area contributed by atoms with Crippen molar-refractivity contribution in [3.63, 3.8) is 0 Å². The first kappa shape index (κ1) is 20.4. The Labute approximate surface area is 161 Å². The summed E-state index contributed by atoms with van der Waals surface area (Å²) in [5, 5.41) is 18.6. The van der Waals surface area contributed by atoms with Crippen LogP contribution in [0, 0.1) is 5.82 Å². The van der Waals surface area contributed by atoms with Gasteiger partial charge in [0.2, 0.25) is 0 Å². The number of aliphatic hydroxyl groups excluding tert-OH is 1. The number of H-pyrrole nitrogens is 2. The minimum Gasteiger partial charge on any atom is -0.379 e. The highest BCUT2D eigenvalue weighted by Crippen LogP contribution is 2.34. The second kappa shape index (κ2) is 7.95. The van der Waals surface area contributed by atoms with Gasteiger partial charge in [-0.1, -0.05) is 0 Å². The molecule has 2 atom stereocenters. The molecule has 152 valence electrons. The molecule has 3 aromatic rings. The fraction of sp³-hybridized carbons (Fsp3) is 0.222. The standard InChI is InChI=1S/C18H15F4N5O2/c1-9(16-24-8-25-27-16)26-17(29)12-5-10(14-3-2-13(19)7-23-14)4-11(6-12)15(28)18(20,21)22/h2-9,15,28H,1H3,(H,26,29)(H,24,25,27)/p+1/t9-,15?/m0/s1. The number of rotatable bonds is 5. The van der Waals surface area contributed by atoms with Crippen LogP contribution in [0.5, 0.6) is 0 Å². The van der Waals surface area contributed by atoms with Crippen LogP contribution in [0.2, 0.25) is 0 Å². The molecule has 0 aliphatic rings. The molecular formula is C18H16F4N5O2+. The molecule has 1 aromatic carbocycles. The smallest absolute Gasteiger partial charge is 0.379 e. The molecule has 0 saturated carbocycles. The zero-order valence-corrected chi connectivity index (χ0v) is 15.0. The summed E-state index contributed by atoms with van der Waals surface area (Å²) in [6.07, 6.45) is -5.46. The molecule has 0 fully saturated rings. The Kier molecular flexibility index (Phi) is 5.59. The summed E-state index contributed by atoms with van der Waals surface area (Å²) in [5.41, 5.74) is -0.395. The third-order valence-electron chi connectivity index (χ3n) is 4.12. The van der Waals surface area contributed by atoms with E-state index in [0.29, 0.717) is 5.82 Å². The van der Waals surface area contributed by atoms with Gasteiger partial charge in [-0.15, -0.1) is 5.10 Å². The Bertz CT molecular complexity index is 990. The number of aromatic amines is 2. The zero-order valence-electron chi connectivity index (χ0n) is 15.0. The van der Waals surface area contributed by atoms with Gasteiger partial charge in [-0.05, 0) is 42.8 Å². The van der Waals surface area contributed by atoms with Gasteiger partial charge in [-0.3, -0.25) is 9.78 Å². The van der Waals surface area contributed by atoms with Crippen molar-refractivity contribution in [3.8, 4) is 11.3 Å². The van der Waals surface area contributed by atoms with E-state index < -0.39 is 35.6 Å². The minimum absolute atomic E-state index is 0.122. The van der Waals surface area contributed by atoms with Gasteiger partial charge in [0.25, 0.3) is 18.1 Å². The molecule has 1 unspecified atom stereocenters. The van der Waals surface area contributed by atoms with Gasteiger partial charge >= 0.3 is 6.18 Å². The molecule has 1 amide bonds. The Morgan fingerprint density at radius 3 is 2.62 bits per heavy atom. The summed E-state index contributed by atoms with van der Waals surface area (Å²) >= 11 is 0. The number of carbonyl (C=O) groups excluding carboxylic acids is 1. The van der Waals surface area contributed by atoms with Crippen LogP contribution in [0.25, 0.3) is 11.3 Å². The molecular weight excluding hydrogens is 394 g/mol. The zero-order chi connectivity index (χ0) is 21.2. The van der Waals surface area contributed by atoms with Crippen molar-refractivity contribution in [2.45, 2.75) is 25.2 Å². The van der Waals surface area contributed by atoms with Crippen molar-refractivity contribution in [2.24, 2.45) is 0 Å². The number of alkyl halides is 3. The van der Waals surface area contributed by atoms with Crippen LogP contribution >= 0.6 is 0 Å². The summed E-state index contributed by atoms with van der Waals surface area (Å²) in [4.78, 5) is 19.2. The third kappa shape index (κ3) is 4.74. The normalized spacial score (nSPS) is 13.7. The Balaban J connectivity index is 1.99. The molecule has 0 radical (unpaired) electrons. The highest BCUT2D eigenvalue weighted by molar-refractivity contribution is 5.95. The highest BCUT2D eigenvalue weighted by Gasteiger charge is 2.40. The number of nitrogens with zero attached hydrogens (tertiary/aromatic N) is 2. The van der Waals surface area contributed by atoms with E-state index in [-0.39, 0.29) is 16.8 Å². The van der Waals surface area contributed by atoms with Crippen molar-refractivity contribution in [2.75, 3.05) is 0 Å². The number of hydrogen-bond acceptors (Lipinski definition) is 4. The van der Waals surface area contributed by atoms with Crippen molar-refractivity contribution >= 4 is 5.91 Å². The number of hydrogen-bond donors (Lipinski definition) is 3. The van der Waals surface area contributed by atoms with Gasteiger partial charge in [0.1, 0.15) is 11.9 Å². The fourth-order valence-electron chi connectivity index (χ4n) is 2.63. The first-order chi connectivity index (χ1) is 13.6. The highest BCUT2D eigenvalue weighted by atomic mass is 19.4. The molecule has 4 N–H and O–H groups in total. The predicted octanol–water partition coefficient (Wildman–Crippen LogP) is 2.51. The second-order valence-corrected chi connectivity index (χ2v) is 6.27. The summed E-state index contributed by atoms with van der Waals surface area (Å²) in [6.45, 7) is 1.64.